The third-order valence-electron chi connectivity index (χ3n) is 2.71. The van der Waals surface area contributed by atoms with Crippen LogP contribution in [0.1, 0.15) is 13.3 Å². The third kappa shape index (κ3) is 3.53. The zero-order valence-electron chi connectivity index (χ0n) is 10.9. The van der Waals surface area contributed by atoms with Gasteiger partial charge in [-0.2, -0.15) is 0 Å². The molecule has 4 nitrogen and oxygen atoms in total. The summed E-state index contributed by atoms with van der Waals surface area (Å²) in [6.07, 6.45) is 1.01. The minimum atomic E-state index is 0.324. The number of hydrogen-bond acceptors (Lipinski definition) is 4. The quantitative estimate of drug-likeness (QED) is 0.791. The van der Waals surface area contributed by atoms with Crippen LogP contribution in [-0.2, 0) is 0 Å². The fourth-order valence-corrected chi connectivity index (χ4v) is 1.55. The molecule has 0 bridgehead atoms. The molecule has 1 unspecified atom stereocenters. The van der Waals surface area contributed by atoms with E-state index in [1.54, 1.807) is 14.2 Å². The Morgan fingerprint density at radius 3 is 2.18 bits per heavy atom. The first-order chi connectivity index (χ1) is 8.26. The first-order valence-corrected chi connectivity index (χ1v) is 5.77. The molecule has 0 spiro atoms. The average molecular weight is 239 g/mol. The first kappa shape index (κ1) is 13.6. The SMILES string of the molecule is CCC(COc1c(OC)cccc1OC)NC. The first-order valence-electron chi connectivity index (χ1n) is 5.77. The second-order valence-corrected chi connectivity index (χ2v) is 3.70. The van der Waals surface area contributed by atoms with E-state index in [0.29, 0.717) is 29.9 Å². The summed E-state index contributed by atoms with van der Waals surface area (Å²) in [5.74, 6) is 2.04. The van der Waals surface area contributed by atoms with Crippen molar-refractivity contribution >= 4 is 0 Å². The van der Waals surface area contributed by atoms with Gasteiger partial charge in [-0.05, 0) is 25.6 Å². The van der Waals surface area contributed by atoms with E-state index in [9.17, 15) is 0 Å². The highest BCUT2D eigenvalue weighted by Crippen LogP contribution is 2.36. The third-order valence-corrected chi connectivity index (χ3v) is 2.71. The summed E-state index contributed by atoms with van der Waals surface area (Å²) in [6, 6.07) is 5.92. The van der Waals surface area contributed by atoms with Crippen molar-refractivity contribution in [2.45, 2.75) is 19.4 Å². The lowest BCUT2D eigenvalue weighted by Crippen LogP contribution is -2.30. The van der Waals surface area contributed by atoms with Gasteiger partial charge in [-0.15, -0.1) is 0 Å². The summed E-state index contributed by atoms with van der Waals surface area (Å²) < 4.78 is 16.3. The van der Waals surface area contributed by atoms with Gasteiger partial charge in [-0.25, -0.2) is 0 Å². The molecule has 0 amide bonds. The van der Waals surface area contributed by atoms with E-state index in [4.69, 9.17) is 14.2 Å². The molecule has 17 heavy (non-hydrogen) atoms. The van der Waals surface area contributed by atoms with Crippen molar-refractivity contribution in [3.05, 3.63) is 18.2 Å². The van der Waals surface area contributed by atoms with E-state index in [1.807, 2.05) is 25.2 Å². The van der Waals surface area contributed by atoms with Crippen LogP contribution in [0.25, 0.3) is 0 Å². The van der Waals surface area contributed by atoms with Crippen molar-refractivity contribution in [3.63, 3.8) is 0 Å². The zero-order chi connectivity index (χ0) is 12.7. The predicted octanol–water partition coefficient (Wildman–Crippen LogP) is 2.08. The topological polar surface area (TPSA) is 39.7 Å². The molecule has 0 heterocycles. The smallest absolute Gasteiger partial charge is 0.203 e. The van der Waals surface area contributed by atoms with Gasteiger partial charge in [0, 0.05) is 6.04 Å². The molecule has 4 heteroatoms. The molecule has 96 valence electrons. The van der Waals surface area contributed by atoms with Gasteiger partial charge in [0.05, 0.1) is 14.2 Å². The van der Waals surface area contributed by atoms with E-state index in [0.717, 1.165) is 6.42 Å². The minimum absolute atomic E-state index is 0.324. The number of hydrogen-bond donors (Lipinski definition) is 1. The molecule has 0 fully saturated rings. The van der Waals surface area contributed by atoms with Crippen molar-refractivity contribution in [3.8, 4) is 17.2 Å². The Labute approximate surface area is 103 Å². The molecule has 0 aliphatic rings. The normalized spacial score (nSPS) is 12.0. The second-order valence-electron chi connectivity index (χ2n) is 3.70. The average Bonchev–Trinajstić information content (AvgIpc) is 2.39. The lowest BCUT2D eigenvalue weighted by atomic mass is 10.2. The van der Waals surface area contributed by atoms with Crippen molar-refractivity contribution in [2.24, 2.45) is 0 Å². The second kappa shape index (κ2) is 7.01. The molecule has 1 atom stereocenters. The summed E-state index contributed by atoms with van der Waals surface area (Å²) >= 11 is 0. The number of nitrogens with one attached hydrogen (secondary N) is 1. The summed E-state index contributed by atoms with van der Waals surface area (Å²) in [7, 11) is 5.17. The Morgan fingerprint density at radius 2 is 1.76 bits per heavy atom. The van der Waals surface area contributed by atoms with Crippen LogP contribution >= 0.6 is 0 Å². The van der Waals surface area contributed by atoms with Gasteiger partial charge in [0.2, 0.25) is 5.75 Å². The van der Waals surface area contributed by atoms with Gasteiger partial charge in [0.25, 0.3) is 0 Å². The van der Waals surface area contributed by atoms with Gasteiger partial charge in [0.15, 0.2) is 11.5 Å². The van der Waals surface area contributed by atoms with Crippen LogP contribution in [0.2, 0.25) is 0 Å². The van der Waals surface area contributed by atoms with Crippen LogP contribution in [0, 0.1) is 0 Å². The number of ether oxygens (including phenoxy) is 3. The Balaban J connectivity index is 2.80. The van der Waals surface area contributed by atoms with Gasteiger partial charge >= 0.3 is 0 Å². The van der Waals surface area contributed by atoms with Crippen molar-refractivity contribution in [1.82, 2.24) is 5.32 Å². The van der Waals surface area contributed by atoms with Gasteiger partial charge in [0.1, 0.15) is 6.61 Å². The van der Waals surface area contributed by atoms with E-state index < -0.39 is 0 Å². The van der Waals surface area contributed by atoms with Crippen LogP contribution in [0.3, 0.4) is 0 Å². The maximum Gasteiger partial charge on any atom is 0.203 e. The number of para-hydroxylation sites is 1. The van der Waals surface area contributed by atoms with Crippen LogP contribution < -0.4 is 19.5 Å². The highest BCUT2D eigenvalue weighted by atomic mass is 16.5. The summed E-state index contributed by atoms with van der Waals surface area (Å²) in [5, 5.41) is 3.19. The van der Waals surface area contributed by atoms with Crippen LogP contribution in [0.15, 0.2) is 18.2 Å². The summed E-state index contributed by atoms with van der Waals surface area (Å²) in [6.45, 7) is 2.70. The van der Waals surface area contributed by atoms with Crippen LogP contribution in [-0.4, -0.2) is 33.9 Å². The van der Waals surface area contributed by atoms with Crippen molar-refractivity contribution in [2.75, 3.05) is 27.9 Å². The fourth-order valence-electron chi connectivity index (χ4n) is 1.55. The van der Waals surface area contributed by atoms with E-state index in [1.165, 1.54) is 0 Å². The van der Waals surface area contributed by atoms with Crippen LogP contribution in [0.5, 0.6) is 17.2 Å². The molecule has 1 aromatic carbocycles. The Kier molecular flexibility index (Phi) is 5.63. The molecule has 1 aromatic rings. The molecule has 1 N–H and O–H groups in total. The fraction of sp³-hybridized carbons (Fsp3) is 0.538. The number of rotatable bonds is 7. The molecule has 0 radical (unpaired) electrons. The number of methoxy groups -OCH3 is 2. The molecule has 0 aliphatic carbocycles. The van der Waals surface area contributed by atoms with E-state index in [-0.39, 0.29) is 0 Å². The summed E-state index contributed by atoms with van der Waals surface area (Å²) in [5.41, 5.74) is 0. The molecular weight excluding hydrogens is 218 g/mol. The lowest BCUT2D eigenvalue weighted by Gasteiger charge is -2.18. The van der Waals surface area contributed by atoms with E-state index >= 15 is 0 Å². The van der Waals surface area contributed by atoms with Gasteiger partial charge in [-0.3, -0.25) is 0 Å². The lowest BCUT2D eigenvalue weighted by molar-refractivity contribution is 0.241. The van der Waals surface area contributed by atoms with Gasteiger partial charge in [-0.1, -0.05) is 13.0 Å². The highest BCUT2D eigenvalue weighted by molar-refractivity contribution is 5.51. The molecule has 0 saturated heterocycles. The van der Waals surface area contributed by atoms with Crippen LogP contribution in [0.4, 0.5) is 0 Å². The van der Waals surface area contributed by atoms with Gasteiger partial charge < -0.3 is 19.5 Å². The Hall–Kier alpha value is -1.42. The molecule has 1 rings (SSSR count). The molecule has 0 aromatic heterocycles. The van der Waals surface area contributed by atoms with E-state index in [2.05, 4.69) is 12.2 Å². The summed E-state index contributed by atoms with van der Waals surface area (Å²) in [4.78, 5) is 0. The minimum Gasteiger partial charge on any atom is -0.493 e. The molecular formula is C13H21NO3. The molecule has 0 aliphatic heterocycles. The zero-order valence-corrected chi connectivity index (χ0v) is 10.9. The standard InChI is InChI=1S/C13H21NO3/c1-5-10(14-2)9-17-13-11(15-3)7-6-8-12(13)16-4/h6-8,10,14H,5,9H2,1-4H3. The molecule has 0 saturated carbocycles. The highest BCUT2D eigenvalue weighted by Gasteiger charge is 2.13. The number of likely N-dealkylation sites (N-methyl/N-ethyl adjacent to an activating group) is 1. The predicted molar refractivity (Wildman–Crippen MR) is 68.2 cm³/mol. The Bertz CT molecular complexity index is 315. The van der Waals surface area contributed by atoms with Crippen molar-refractivity contribution in [1.29, 1.82) is 0 Å². The Morgan fingerprint density at radius 1 is 1.18 bits per heavy atom. The maximum absolute atomic E-state index is 5.78. The number of benzene rings is 1. The monoisotopic (exact) mass is 239 g/mol. The van der Waals surface area contributed by atoms with Crippen molar-refractivity contribution < 1.29 is 14.2 Å². The largest absolute Gasteiger partial charge is 0.493 e. The maximum atomic E-state index is 5.78.